The Morgan fingerprint density at radius 2 is 1.63 bits per heavy atom. The van der Waals surface area contributed by atoms with Gasteiger partial charge in [0, 0.05) is 27.9 Å². The first-order chi connectivity index (χ1) is 16.8. The molecule has 3 N–H and O–H groups in total. The number of rotatable bonds is 8. The second-order valence-corrected chi connectivity index (χ2v) is 11.1. The maximum absolute atomic E-state index is 13.5. The molecule has 5 nitrogen and oxygen atoms in total. The van der Waals surface area contributed by atoms with E-state index < -0.39 is 6.04 Å². The van der Waals surface area contributed by atoms with Gasteiger partial charge in [0.1, 0.15) is 6.04 Å². The average Bonchev–Trinajstić information content (AvgIpc) is 3.38. The molecule has 0 aliphatic heterocycles. The molecular weight excluding hydrogens is 474 g/mol. The van der Waals surface area contributed by atoms with Gasteiger partial charge in [-0.25, -0.2) is 0 Å². The van der Waals surface area contributed by atoms with Crippen LogP contribution in [-0.4, -0.2) is 23.4 Å². The third kappa shape index (κ3) is 6.72. The third-order valence-corrected chi connectivity index (χ3v) is 7.42. The molecule has 0 saturated carbocycles. The zero-order chi connectivity index (χ0) is 24.8. The van der Waals surface area contributed by atoms with Crippen molar-refractivity contribution in [2.45, 2.75) is 43.7 Å². The number of hydrogen-bond acceptors (Lipinski definition) is 5. The van der Waals surface area contributed by atoms with Crippen molar-refractivity contribution in [3.05, 3.63) is 94.7 Å². The predicted molar refractivity (Wildman–Crippen MR) is 147 cm³/mol. The number of anilines is 1. The van der Waals surface area contributed by atoms with Crippen molar-refractivity contribution in [2.75, 3.05) is 5.32 Å². The Hall–Kier alpha value is -3.13. The van der Waals surface area contributed by atoms with Gasteiger partial charge in [-0.05, 0) is 67.2 Å². The van der Waals surface area contributed by atoms with Gasteiger partial charge in [0.05, 0.1) is 4.88 Å². The Balaban J connectivity index is 1.59. The maximum atomic E-state index is 13.5. The van der Waals surface area contributed by atoms with Crippen LogP contribution >= 0.6 is 23.3 Å². The summed E-state index contributed by atoms with van der Waals surface area (Å²) in [4.78, 5) is 27.9. The van der Waals surface area contributed by atoms with Gasteiger partial charge in [-0.15, -0.1) is 11.3 Å². The van der Waals surface area contributed by atoms with Crippen LogP contribution < -0.4 is 15.4 Å². The van der Waals surface area contributed by atoms with Crippen LogP contribution in [0.5, 0.6) is 0 Å². The van der Waals surface area contributed by atoms with Crippen molar-refractivity contribution in [2.24, 2.45) is 0 Å². The van der Waals surface area contributed by atoms with Crippen molar-refractivity contribution >= 4 is 51.6 Å². The molecule has 2 amide bonds. The first kappa shape index (κ1) is 25.0. The summed E-state index contributed by atoms with van der Waals surface area (Å²) in [5.41, 5.74) is 1.66. The first-order valence-corrected chi connectivity index (χ1v) is 13.1. The molecule has 3 aromatic carbocycles. The fraction of sp³-hybridized carbons (Fsp3) is 0.214. The number of fused-ring (bicyclic) bond motifs is 1. The molecule has 0 radical (unpaired) electrons. The van der Waals surface area contributed by atoms with Gasteiger partial charge in [0.15, 0.2) is 0 Å². The first-order valence-electron chi connectivity index (χ1n) is 11.4. The minimum Gasteiger partial charge on any atom is -0.339 e. The fourth-order valence-corrected chi connectivity index (χ4v) is 5.08. The van der Waals surface area contributed by atoms with Crippen molar-refractivity contribution in [3.63, 3.8) is 0 Å². The van der Waals surface area contributed by atoms with Crippen LogP contribution in [0.25, 0.3) is 10.8 Å². The quantitative estimate of drug-likeness (QED) is 0.248. The molecule has 0 bridgehead atoms. The van der Waals surface area contributed by atoms with E-state index in [9.17, 15) is 9.59 Å². The SMILES string of the molecule is CC(C)(C)NSc1cccc2c(NC(=O)[C@H](Cc3ccccc3)NC(=O)c3cccs3)cccc12. The molecule has 7 heteroatoms. The number of thiophene rings is 1. The van der Waals surface area contributed by atoms with Crippen LogP contribution in [0, 0.1) is 0 Å². The maximum Gasteiger partial charge on any atom is 0.262 e. The highest BCUT2D eigenvalue weighted by atomic mass is 32.2. The lowest BCUT2D eigenvalue weighted by molar-refractivity contribution is -0.118. The Bertz CT molecular complexity index is 1300. The van der Waals surface area contributed by atoms with E-state index in [1.54, 1.807) is 18.0 Å². The minimum absolute atomic E-state index is 0.0376. The normalized spacial score (nSPS) is 12.3. The number of benzene rings is 3. The molecule has 0 spiro atoms. The summed E-state index contributed by atoms with van der Waals surface area (Å²) >= 11 is 2.93. The summed E-state index contributed by atoms with van der Waals surface area (Å²) in [6.45, 7) is 6.36. The average molecular weight is 504 g/mol. The highest BCUT2D eigenvalue weighted by Gasteiger charge is 2.23. The Kier molecular flexibility index (Phi) is 7.90. The monoisotopic (exact) mass is 503 g/mol. The molecule has 4 rings (SSSR count). The predicted octanol–water partition coefficient (Wildman–Crippen LogP) is 6.28. The van der Waals surface area contributed by atoms with E-state index in [4.69, 9.17) is 0 Å². The van der Waals surface area contributed by atoms with Gasteiger partial charge < -0.3 is 10.6 Å². The molecule has 180 valence electrons. The van der Waals surface area contributed by atoms with Gasteiger partial charge in [-0.3, -0.25) is 14.3 Å². The Morgan fingerprint density at radius 3 is 2.34 bits per heavy atom. The molecule has 0 aliphatic rings. The molecule has 0 unspecified atom stereocenters. The van der Waals surface area contributed by atoms with Crippen LogP contribution in [0.3, 0.4) is 0 Å². The lowest BCUT2D eigenvalue weighted by Crippen LogP contribution is -2.45. The van der Waals surface area contributed by atoms with Gasteiger partial charge in [0.2, 0.25) is 5.91 Å². The van der Waals surface area contributed by atoms with Crippen LogP contribution in [0.1, 0.15) is 36.0 Å². The van der Waals surface area contributed by atoms with Crippen LogP contribution in [0.15, 0.2) is 89.1 Å². The Labute approximate surface area is 214 Å². The molecule has 0 saturated heterocycles. The smallest absolute Gasteiger partial charge is 0.262 e. The van der Waals surface area contributed by atoms with Crippen LogP contribution in [0.4, 0.5) is 5.69 Å². The van der Waals surface area contributed by atoms with Gasteiger partial charge in [-0.1, -0.05) is 60.7 Å². The summed E-state index contributed by atoms with van der Waals surface area (Å²) in [6.07, 6.45) is 0.394. The second kappa shape index (κ2) is 11.1. The van der Waals surface area contributed by atoms with Crippen LogP contribution in [-0.2, 0) is 11.2 Å². The number of nitrogens with one attached hydrogen (secondary N) is 3. The minimum atomic E-state index is -0.720. The molecular formula is C28H29N3O2S2. The summed E-state index contributed by atoms with van der Waals surface area (Å²) in [6, 6.07) is 24.5. The Morgan fingerprint density at radius 1 is 0.886 bits per heavy atom. The van der Waals surface area contributed by atoms with Crippen molar-refractivity contribution in [1.29, 1.82) is 0 Å². The molecule has 35 heavy (non-hydrogen) atoms. The summed E-state index contributed by atoms with van der Waals surface area (Å²) in [5.74, 6) is -0.502. The van der Waals surface area contributed by atoms with E-state index >= 15 is 0 Å². The van der Waals surface area contributed by atoms with Crippen molar-refractivity contribution in [1.82, 2.24) is 10.0 Å². The number of hydrogen-bond donors (Lipinski definition) is 3. The highest BCUT2D eigenvalue weighted by Crippen LogP contribution is 2.32. The zero-order valence-corrected chi connectivity index (χ0v) is 21.6. The highest BCUT2D eigenvalue weighted by molar-refractivity contribution is 7.97. The van der Waals surface area contributed by atoms with E-state index in [1.807, 2.05) is 66.0 Å². The van der Waals surface area contributed by atoms with E-state index in [2.05, 4.69) is 48.3 Å². The van der Waals surface area contributed by atoms with E-state index in [1.165, 1.54) is 11.3 Å². The van der Waals surface area contributed by atoms with Crippen molar-refractivity contribution in [3.8, 4) is 0 Å². The molecule has 1 aromatic heterocycles. The molecule has 0 fully saturated rings. The molecule has 0 aliphatic carbocycles. The number of amides is 2. The van der Waals surface area contributed by atoms with E-state index in [0.29, 0.717) is 17.0 Å². The lowest BCUT2D eigenvalue weighted by Gasteiger charge is -2.21. The van der Waals surface area contributed by atoms with Gasteiger partial charge >= 0.3 is 0 Å². The fourth-order valence-electron chi connectivity index (χ4n) is 3.60. The largest absolute Gasteiger partial charge is 0.339 e. The molecule has 4 aromatic rings. The summed E-state index contributed by atoms with van der Waals surface area (Å²) < 4.78 is 3.45. The summed E-state index contributed by atoms with van der Waals surface area (Å²) in [7, 11) is 0. The molecule has 1 atom stereocenters. The zero-order valence-electron chi connectivity index (χ0n) is 20.0. The molecule has 1 heterocycles. The third-order valence-electron chi connectivity index (χ3n) is 5.26. The standard InChI is InChI=1S/C28H29N3O2S2/c1-28(2,3)31-35-24-15-8-12-20-21(24)13-7-14-22(20)29-26(32)23(18-19-10-5-4-6-11-19)30-27(33)25-16-9-17-34-25/h4-17,23,31H,18H2,1-3H3,(H,29,32)(H,30,33)/t23-/m0/s1. The van der Waals surface area contributed by atoms with Gasteiger partial charge in [-0.2, -0.15) is 0 Å². The lowest BCUT2D eigenvalue weighted by atomic mass is 10.0. The number of carbonyl (C=O) groups excluding carboxylic acids is 2. The summed E-state index contributed by atoms with van der Waals surface area (Å²) in [5, 5.41) is 9.85. The van der Waals surface area contributed by atoms with E-state index in [-0.39, 0.29) is 17.4 Å². The van der Waals surface area contributed by atoms with Crippen molar-refractivity contribution < 1.29 is 9.59 Å². The topological polar surface area (TPSA) is 70.2 Å². The second-order valence-electron chi connectivity index (χ2n) is 9.29. The van der Waals surface area contributed by atoms with Crippen LogP contribution in [0.2, 0.25) is 0 Å². The number of carbonyl (C=O) groups is 2. The van der Waals surface area contributed by atoms with E-state index in [0.717, 1.165) is 21.2 Å². The van der Waals surface area contributed by atoms with Gasteiger partial charge in [0.25, 0.3) is 5.91 Å².